The van der Waals surface area contributed by atoms with E-state index in [0.717, 1.165) is 63.4 Å². The highest BCUT2D eigenvalue weighted by Crippen LogP contribution is 2.26. The molecule has 3 aliphatic rings. The molecule has 6 heteroatoms. The molecular weight excluding hydrogens is 340 g/mol. The molecule has 1 amide bonds. The Bertz CT molecular complexity index is 744. The molecule has 0 aliphatic carbocycles. The summed E-state index contributed by atoms with van der Waals surface area (Å²) in [6.45, 7) is 7.17. The summed E-state index contributed by atoms with van der Waals surface area (Å²) < 4.78 is 1.85. The summed E-state index contributed by atoms with van der Waals surface area (Å²) in [6, 6.07) is 1.72. The van der Waals surface area contributed by atoms with Crippen molar-refractivity contribution in [1.82, 2.24) is 19.4 Å². The Morgan fingerprint density at radius 3 is 2.85 bits per heavy atom. The van der Waals surface area contributed by atoms with Gasteiger partial charge in [0.15, 0.2) is 0 Å². The summed E-state index contributed by atoms with van der Waals surface area (Å²) in [6.07, 6.45) is 7.62. The number of rotatable bonds is 3. The zero-order chi connectivity index (χ0) is 18.8. The Labute approximate surface area is 161 Å². The summed E-state index contributed by atoms with van der Waals surface area (Å²) in [5.74, 6) is 2.07. The number of fused-ring (bicyclic) bond motifs is 1. The Morgan fingerprint density at radius 2 is 2.00 bits per heavy atom. The van der Waals surface area contributed by atoms with E-state index in [1.807, 2.05) is 9.47 Å². The maximum Gasteiger partial charge on any atom is 0.253 e. The minimum atomic E-state index is 0.0870. The summed E-state index contributed by atoms with van der Waals surface area (Å²) >= 11 is 0. The maximum atomic E-state index is 12.7. The molecule has 4 rings (SSSR count). The first kappa shape index (κ1) is 18.7. The van der Waals surface area contributed by atoms with Gasteiger partial charge < -0.3 is 4.90 Å². The number of piperidine rings is 1. The van der Waals surface area contributed by atoms with Gasteiger partial charge in [-0.2, -0.15) is 0 Å². The van der Waals surface area contributed by atoms with Crippen molar-refractivity contribution in [2.75, 3.05) is 32.7 Å². The summed E-state index contributed by atoms with van der Waals surface area (Å²) in [5.41, 5.74) is 0.985. The predicted molar refractivity (Wildman–Crippen MR) is 105 cm³/mol. The molecule has 1 aromatic heterocycles. The van der Waals surface area contributed by atoms with Crippen LogP contribution in [-0.4, -0.2) is 58.0 Å². The zero-order valence-electron chi connectivity index (χ0n) is 16.5. The summed E-state index contributed by atoms with van der Waals surface area (Å²) in [4.78, 5) is 34.4. The van der Waals surface area contributed by atoms with Crippen molar-refractivity contribution in [3.63, 3.8) is 0 Å². The van der Waals surface area contributed by atoms with Gasteiger partial charge in [0.05, 0.1) is 12.2 Å². The first-order chi connectivity index (χ1) is 13.1. The standard InChI is InChI=1S/C21H32N4O2/c1-16-6-5-9-23(13-16)15-21(27)24-11-8-17(14-24)18-12-20(26)25-10-4-2-3-7-19(25)22-18/h12,16-17H,2-11,13-15H2,1H3/t16-,17-/m1/s1. The first-order valence-electron chi connectivity index (χ1n) is 10.7. The molecule has 27 heavy (non-hydrogen) atoms. The van der Waals surface area contributed by atoms with Crippen molar-refractivity contribution in [2.24, 2.45) is 5.92 Å². The van der Waals surface area contributed by atoms with Gasteiger partial charge in [-0.1, -0.05) is 13.3 Å². The third kappa shape index (κ3) is 4.26. The Hall–Kier alpha value is -1.69. The molecule has 0 aromatic carbocycles. The van der Waals surface area contributed by atoms with Gasteiger partial charge in [0.2, 0.25) is 5.91 Å². The lowest BCUT2D eigenvalue weighted by molar-refractivity contribution is -0.131. The van der Waals surface area contributed by atoms with E-state index in [4.69, 9.17) is 4.98 Å². The maximum absolute atomic E-state index is 12.7. The fourth-order valence-electron chi connectivity index (χ4n) is 4.89. The second-order valence-corrected chi connectivity index (χ2v) is 8.71. The lowest BCUT2D eigenvalue weighted by atomic mass is 10.0. The molecule has 0 radical (unpaired) electrons. The van der Waals surface area contributed by atoms with E-state index >= 15 is 0 Å². The van der Waals surface area contributed by atoms with Gasteiger partial charge in [-0.05, 0) is 44.6 Å². The average Bonchev–Trinajstić information content (AvgIpc) is 3.01. The van der Waals surface area contributed by atoms with Crippen LogP contribution in [0.15, 0.2) is 10.9 Å². The van der Waals surface area contributed by atoms with Crippen LogP contribution in [0.4, 0.5) is 0 Å². The normalized spacial score (nSPS) is 26.6. The van der Waals surface area contributed by atoms with Gasteiger partial charge in [0.25, 0.3) is 5.56 Å². The third-order valence-electron chi connectivity index (χ3n) is 6.45. The van der Waals surface area contributed by atoms with Crippen LogP contribution in [0, 0.1) is 5.92 Å². The molecule has 4 heterocycles. The Morgan fingerprint density at radius 1 is 1.11 bits per heavy atom. The van der Waals surface area contributed by atoms with Gasteiger partial charge in [-0.25, -0.2) is 4.98 Å². The van der Waals surface area contributed by atoms with Crippen LogP contribution in [0.3, 0.4) is 0 Å². The number of hydrogen-bond acceptors (Lipinski definition) is 4. The van der Waals surface area contributed by atoms with E-state index in [2.05, 4.69) is 11.8 Å². The molecule has 2 fully saturated rings. The molecule has 0 saturated carbocycles. The second-order valence-electron chi connectivity index (χ2n) is 8.71. The lowest BCUT2D eigenvalue weighted by Crippen LogP contribution is -2.43. The van der Waals surface area contributed by atoms with E-state index in [1.165, 1.54) is 19.3 Å². The van der Waals surface area contributed by atoms with E-state index in [-0.39, 0.29) is 17.4 Å². The van der Waals surface area contributed by atoms with Crippen molar-refractivity contribution in [3.8, 4) is 0 Å². The van der Waals surface area contributed by atoms with E-state index in [1.54, 1.807) is 6.07 Å². The van der Waals surface area contributed by atoms with E-state index < -0.39 is 0 Å². The Kier molecular flexibility index (Phi) is 5.62. The Balaban J connectivity index is 1.40. The molecule has 0 bridgehead atoms. The fourth-order valence-corrected chi connectivity index (χ4v) is 4.89. The number of amides is 1. The lowest BCUT2D eigenvalue weighted by Gasteiger charge is -2.31. The monoisotopic (exact) mass is 372 g/mol. The predicted octanol–water partition coefficient (Wildman–Crippen LogP) is 2.02. The zero-order valence-corrected chi connectivity index (χ0v) is 16.5. The second kappa shape index (κ2) is 8.13. The molecule has 3 aliphatic heterocycles. The highest BCUT2D eigenvalue weighted by atomic mass is 16.2. The molecular formula is C21H32N4O2. The molecule has 0 N–H and O–H groups in total. The number of hydrogen-bond donors (Lipinski definition) is 0. The smallest absolute Gasteiger partial charge is 0.253 e. The van der Waals surface area contributed by atoms with Gasteiger partial charge in [0.1, 0.15) is 5.82 Å². The molecule has 2 atom stereocenters. The molecule has 6 nitrogen and oxygen atoms in total. The molecule has 0 spiro atoms. The highest BCUT2D eigenvalue weighted by Gasteiger charge is 2.30. The van der Waals surface area contributed by atoms with Crippen LogP contribution in [0.2, 0.25) is 0 Å². The molecule has 148 valence electrons. The fraction of sp³-hybridized carbons (Fsp3) is 0.762. The number of aromatic nitrogens is 2. The number of likely N-dealkylation sites (tertiary alicyclic amines) is 2. The summed E-state index contributed by atoms with van der Waals surface area (Å²) in [7, 11) is 0. The minimum Gasteiger partial charge on any atom is -0.341 e. The summed E-state index contributed by atoms with van der Waals surface area (Å²) in [5, 5.41) is 0. The average molecular weight is 373 g/mol. The van der Waals surface area contributed by atoms with Crippen LogP contribution in [-0.2, 0) is 17.8 Å². The number of nitrogens with zero attached hydrogens (tertiary/aromatic N) is 4. The van der Waals surface area contributed by atoms with Crippen molar-refractivity contribution in [3.05, 3.63) is 27.9 Å². The number of aryl methyl sites for hydroxylation is 1. The topological polar surface area (TPSA) is 58.4 Å². The van der Waals surface area contributed by atoms with Crippen LogP contribution in [0.1, 0.15) is 62.9 Å². The minimum absolute atomic E-state index is 0.0870. The first-order valence-corrected chi connectivity index (χ1v) is 10.7. The molecule has 0 unspecified atom stereocenters. The van der Waals surface area contributed by atoms with Gasteiger partial charge in [-0.3, -0.25) is 19.1 Å². The highest BCUT2D eigenvalue weighted by molar-refractivity contribution is 5.78. The van der Waals surface area contributed by atoms with Crippen LogP contribution >= 0.6 is 0 Å². The number of carbonyl (C=O) groups excluding carboxylic acids is 1. The number of carbonyl (C=O) groups is 1. The SMILES string of the molecule is C[C@@H]1CCCN(CC(=O)N2CC[C@@H](c3cc(=O)n4c(n3)CCCCC4)C2)C1. The van der Waals surface area contributed by atoms with Gasteiger partial charge in [0, 0.05) is 44.6 Å². The largest absolute Gasteiger partial charge is 0.341 e. The van der Waals surface area contributed by atoms with Crippen LogP contribution in [0.5, 0.6) is 0 Å². The van der Waals surface area contributed by atoms with Crippen molar-refractivity contribution in [1.29, 1.82) is 0 Å². The van der Waals surface area contributed by atoms with Crippen molar-refractivity contribution >= 4 is 5.91 Å². The molecule has 1 aromatic rings. The van der Waals surface area contributed by atoms with Gasteiger partial charge >= 0.3 is 0 Å². The van der Waals surface area contributed by atoms with Crippen molar-refractivity contribution < 1.29 is 4.79 Å². The van der Waals surface area contributed by atoms with E-state index in [0.29, 0.717) is 19.0 Å². The van der Waals surface area contributed by atoms with Gasteiger partial charge in [-0.15, -0.1) is 0 Å². The van der Waals surface area contributed by atoms with Crippen LogP contribution < -0.4 is 5.56 Å². The molecule has 2 saturated heterocycles. The van der Waals surface area contributed by atoms with E-state index in [9.17, 15) is 9.59 Å². The van der Waals surface area contributed by atoms with Crippen molar-refractivity contribution in [2.45, 2.75) is 64.3 Å². The third-order valence-corrected chi connectivity index (χ3v) is 6.45. The quantitative estimate of drug-likeness (QED) is 0.814. The van der Waals surface area contributed by atoms with Crippen LogP contribution in [0.25, 0.3) is 0 Å².